The van der Waals surface area contributed by atoms with Gasteiger partial charge in [-0.05, 0) is 43.6 Å². The molecule has 0 heterocycles. The molecule has 3 atom stereocenters. The zero-order valence-corrected chi connectivity index (χ0v) is 12.5. The number of hydrogen-bond donors (Lipinski definition) is 2. The van der Waals surface area contributed by atoms with Gasteiger partial charge in [-0.2, -0.15) is 0 Å². The Kier molecular flexibility index (Phi) is 4.88. The van der Waals surface area contributed by atoms with Crippen molar-refractivity contribution in [1.29, 1.82) is 0 Å². The van der Waals surface area contributed by atoms with Crippen LogP contribution < -0.4 is 5.32 Å². The van der Waals surface area contributed by atoms with E-state index < -0.39 is 5.97 Å². The minimum Gasteiger partial charge on any atom is -0.481 e. The largest absolute Gasteiger partial charge is 0.481 e. The lowest BCUT2D eigenvalue weighted by molar-refractivity contribution is -0.144. The number of rotatable bonds is 4. The summed E-state index contributed by atoms with van der Waals surface area (Å²) in [6, 6.07) is 0.567. The quantitative estimate of drug-likeness (QED) is 0.820. The Hall–Kier alpha value is -0.570. The first-order chi connectivity index (χ1) is 9.00. The second-order valence-electron chi connectivity index (χ2n) is 7.18. The van der Waals surface area contributed by atoms with Crippen molar-refractivity contribution in [3.05, 3.63) is 0 Å². The summed E-state index contributed by atoms with van der Waals surface area (Å²) < 4.78 is 0. The van der Waals surface area contributed by atoms with Gasteiger partial charge in [0.15, 0.2) is 0 Å². The van der Waals surface area contributed by atoms with Gasteiger partial charge in [0.05, 0.1) is 5.92 Å². The standard InChI is InChI=1S/C16H29NO2/c1-16(2)10-6-5-9-14(16)17-11-12-7-3-4-8-13(12)15(18)19/h12-14,17H,3-11H2,1-2H3,(H,18,19). The summed E-state index contributed by atoms with van der Waals surface area (Å²) in [4.78, 5) is 11.3. The van der Waals surface area contributed by atoms with Crippen LogP contribution in [0, 0.1) is 17.3 Å². The first-order valence-corrected chi connectivity index (χ1v) is 7.97. The molecule has 0 radical (unpaired) electrons. The van der Waals surface area contributed by atoms with Crippen molar-refractivity contribution < 1.29 is 9.90 Å². The summed E-state index contributed by atoms with van der Waals surface area (Å²) in [6.07, 6.45) is 9.43. The molecule has 2 saturated carbocycles. The fourth-order valence-electron chi connectivity index (χ4n) is 3.94. The normalized spacial score (nSPS) is 34.9. The van der Waals surface area contributed by atoms with E-state index in [0.29, 0.717) is 17.4 Å². The SMILES string of the molecule is CC1(C)CCCCC1NCC1CCCCC1C(=O)O. The van der Waals surface area contributed by atoms with Gasteiger partial charge in [-0.25, -0.2) is 0 Å². The van der Waals surface area contributed by atoms with E-state index in [4.69, 9.17) is 0 Å². The molecule has 2 aliphatic carbocycles. The van der Waals surface area contributed by atoms with Gasteiger partial charge in [0.25, 0.3) is 0 Å². The van der Waals surface area contributed by atoms with E-state index in [2.05, 4.69) is 19.2 Å². The first kappa shape index (κ1) is 14.8. The monoisotopic (exact) mass is 267 g/mol. The Morgan fingerprint density at radius 3 is 2.53 bits per heavy atom. The van der Waals surface area contributed by atoms with E-state index in [0.717, 1.165) is 25.8 Å². The van der Waals surface area contributed by atoms with E-state index in [9.17, 15) is 9.90 Å². The lowest BCUT2D eigenvalue weighted by atomic mass is 9.72. The van der Waals surface area contributed by atoms with Crippen molar-refractivity contribution in [1.82, 2.24) is 5.32 Å². The molecule has 3 unspecified atom stereocenters. The van der Waals surface area contributed by atoms with E-state index >= 15 is 0 Å². The summed E-state index contributed by atoms with van der Waals surface area (Å²) in [5.74, 6) is -0.369. The van der Waals surface area contributed by atoms with Gasteiger partial charge < -0.3 is 10.4 Å². The average molecular weight is 267 g/mol. The summed E-state index contributed by atoms with van der Waals surface area (Å²) in [6.45, 7) is 5.59. The summed E-state index contributed by atoms with van der Waals surface area (Å²) in [7, 11) is 0. The first-order valence-electron chi connectivity index (χ1n) is 7.97. The van der Waals surface area contributed by atoms with Crippen molar-refractivity contribution in [2.24, 2.45) is 17.3 Å². The highest BCUT2D eigenvalue weighted by atomic mass is 16.4. The van der Waals surface area contributed by atoms with Gasteiger partial charge in [0, 0.05) is 6.04 Å². The van der Waals surface area contributed by atoms with Gasteiger partial charge in [0.1, 0.15) is 0 Å². The van der Waals surface area contributed by atoms with Crippen molar-refractivity contribution in [2.45, 2.75) is 71.3 Å². The van der Waals surface area contributed by atoms with Crippen LogP contribution in [0.25, 0.3) is 0 Å². The molecule has 2 fully saturated rings. The Labute approximate surface area is 117 Å². The van der Waals surface area contributed by atoms with Crippen LogP contribution in [0.3, 0.4) is 0 Å². The molecule has 0 aromatic rings. The maximum Gasteiger partial charge on any atom is 0.306 e. The molecule has 2 N–H and O–H groups in total. The molecule has 3 nitrogen and oxygen atoms in total. The number of aliphatic carboxylic acids is 1. The fourth-order valence-corrected chi connectivity index (χ4v) is 3.94. The number of carboxylic acids is 1. The van der Waals surface area contributed by atoms with Gasteiger partial charge in [-0.3, -0.25) is 4.79 Å². The third-order valence-electron chi connectivity index (χ3n) is 5.36. The van der Waals surface area contributed by atoms with Gasteiger partial charge >= 0.3 is 5.97 Å². The molecule has 0 spiro atoms. The Morgan fingerprint density at radius 2 is 1.84 bits per heavy atom. The third-order valence-corrected chi connectivity index (χ3v) is 5.36. The Bertz CT molecular complexity index is 314. The molecular weight excluding hydrogens is 238 g/mol. The molecule has 110 valence electrons. The van der Waals surface area contributed by atoms with Crippen molar-refractivity contribution in [3.63, 3.8) is 0 Å². The predicted octanol–water partition coefficient (Wildman–Crippen LogP) is 3.44. The molecular formula is C16H29NO2. The molecule has 0 aromatic heterocycles. The van der Waals surface area contributed by atoms with E-state index in [-0.39, 0.29) is 5.92 Å². The van der Waals surface area contributed by atoms with Gasteiger partial charge in [-0.1, -0.05) is 39.5 Å². The number of carbonyl (C=O) groups is 1. The molecule has 0 amide bonds. The second-order valence-corrected chi connectivity index (χ2v) is 7.18. The second kappa shape index (κ2) is 6.25. The van der Waals surface area contributed by atoms with Crippen molar-refractivity contribution >= 4 is 5.97 Å². The molecule has 2 aliphatic rings. The van der Waals surface area contributed by atoms with Gasteiger partial charge in [0.2, 0.25) is 0 Å². The summed E-state index contributed by atoms with van der Waals surface area (Å²) in [5.41, 5.74) is 0.367. The van der Waals surface area contributed by atoms with E-state index in [1.807, 2.05) is 0 Å². The van der Waals surface area contributed by atoms with E-state index in [1.165, 1.54) is 32.1 Å². The summed E-state index contributed by atoms with van der Waals surface area (Å²) in [5, 5.41) is 13.0. The highest BCUT2D eigenvalue weighted by Crippen LogP contribution is 2.36. The molecule has 0 saturated heterocycles. The van der Waals surface area contributed by atoms with Crippen molar-refractivity contribution in [3.8, 4) is 0 Å². The topological polar surface area (TPSA) is 49.3 Å². The van der Waals surface area contributed by atoms with Crippen LogP contribution in [0.15, 0.2) is 0 Å². The van der Waals surface area contributed by atoms with Crippen LogP contribution in [0.1, 0.15) is 65.2 Å². The number of nitrogens with one attached hydrogen (secondary N) is 1. The van der Waals surface area contributed by atoms with Gasteiger partial charge in [-0.15, -0.1) is 0 Å². The Morgan fingerprint density at radius 1 is 1.16 bits per heavy atom. The highest BCUT2D eigenvalue weighted by Gasteiger charge is 2.35. The zero-order valence-electron chi connectivity index (χ0n) is 12.5. The minimum absolute atomic E-state index is 0.118. The van der Waals surface area contributed by atoms with Crippen LogP contribution in [-0.4, -0.2) is 23.7 Å². The smallest absolute Gasteiger partial charge is 0.306 e. The molecule has 3 heteroatoms. The molecule has 2 rings (SSSR count). The van der Waals surface area contributed by atoms with Crippen LogP contribution in [0.2, 0.25) is 0 Å². The van der Waals surface area contributed by atoms with E-state index in [1.54, 1.807) is 0 Å². The summed E-state index contributed by atoms with van der Waals surface area (Å²) >= 11 is 0. The maximum absolute atomic E-state index is 11.3. The highest BCUT2D eigenvalue weighted by molar-refractivity contribution is 5.70. The average Bonchev–Trinajstić information content (AvgIpc) is 2.37. The lowest BCUT2D eigenvalue weighted by Gasteiger charge is -2.40. The lowest BCUT2D eigenvalue weighted by Crippen LogP contribution is -2.47. The number of carboxylic acid groups (broad SMARTS) is 1. The van der Waals surface area contributed by atoms with Crippen LogP contribution in [0.5, 0.6) is 0 Å². The molecule has 0 aliphatic heterocycles. The van der Waals surface area contributed by atoms with Crippen LogP contribution in [-0.2, 0) is 4.79 Å². The third kappa shape index (κ3) is 3.71. The fraction of sp³-hybridized carbons (Fsp3) is 0.938. The zero-order chi connectivity index (χ0) is 13.9. The number of hydrogen-bond acceptors (Lipinski definition) is 2. The molecule has 0 aromatic carbocycles. The molecule has 19 heavy (non-hydrogen) atoms. The molecule has 0 bridgehead atoms. The van der Waals surface area contributed by atoms with Crippen molar-refractivity contribution in [2.75, 3.05) is 6.54 Å². The maximum atomic E-state index is 11.3. The van der Waals surface area contributed by atoms with Crippen LogP contribution >= 0.6 is 0 Å². The Balaban J connectivity index is 1.87. The van der Waals surface area contributed by atoms with Crippen LogP contribution in [0.4, 0.5) is 0 Å². The predicted molar refractivity (Wildman–Crippen MR) is 77.1 cm³/mol. The minimum atomic E-state index is -0.589.